The lowest BCUT2D eigenvalue weighted by Crippen LogP contribution is -2.34. The fourth-order valence-electron chi connectivity index (χ4n) is 1.64. The maximum atomic E-state index is 12.2. The molecule has 120 valence electrons. The van der Waals surface area contributed by atoms with Crippen LogP contribution in [0.4, 0.5) is 5.69 Å². The third kappa shape index (κ3) is 6.65. The standard InChI is InChI=1S/C13H21Br2N3O2S/c1-3-7-16-8-4-9-18(2)21(19,20)17-13-10-11(14)5-6-12(13)15/h5-6,10,16-17H,3-4,7-9H2,1-2H3. The highest BCUT2D eigenvalue weighted by Crippen LogP contribution is 2.27. The highest BCUT2D eigenvalue weighted by Gasteiger charge is 2.18. The van der Waals surface area contributed by atoms with Gasteiger partial charge < -0.3 is 5.32 Å². The number of hydrogen-bond acceptors (Lipinski definition) is 3. The summed E-state index contributed by atoms with van der Waals surface area (Å²) in [5.74, 6) is 0. The highest BCUT2D eigenvalue weighted by atomic mass is 79.9. The zero-order chi connectivity index (χ0) is 15.9. The van der Waals surface area contributed by atoms with E-state index in [1.807, 2.05) is 6.07 Å². The van der Waals surface area contributed by atoms with Crippen molar-refractivity contribution in [3.05, 3.63) is 27.1 Å². The molecule has 0 unspecified atom stereocenters. The molecule has 1 aromatic rings. The summed E-state index contributed by atoms with van der Waals surface area (Å²) in [4.78, 5) is 0. The molecule has 0 aliphatic heterocycles. The van der Waals surface area contributed by atoms with Crippen molar-refractivity contribution >= 4 is 47.8 Å². The van der Waals surface area contributed by atoms with Crippen LogP contribution >= 0.6 is 31.9 Å². The Kier molecular flexibility index (Phi) is 8.18. The Morgan fingerprint density at radius 2 is 1.95 bits per heavy atom. The average molecular weight is 443 g/mol. The number of rotatable bonds is 9. The lowest BCUT2D eigenvalue weighted by Gasteiger charge is -2.19. The molecule has 0 bridgehead atoms. The van der Waals surface area contributed by atoms with Crippen LogP contribution in [0.3, 0.4) is 0 Å². The van der Waals surface area contributed by atoms with Crippen LogP contribution in [0.25, 0.3) is 0 Å². The van der Waals surface area contributed by atoms with E-state index in [4.69, 9.17) is 0 Å². The molecule has 0 aliphatic carbocycles. The fraction of sp³-hybridized carbons (Fsp3) is 0.538. The van der Waals surface area contributed by atoms with E-state index < -0.39 is 10.2 Å². The average Bonchev–Trinajstić information content (AvgIpc) is 2.42. The topological polar surface area (TPSA) is 61.4 Å². The molecule has 0 radical (unpaired) electrons. The van der Waals surface area contributed by atoms with Gasteiger partial charge in [0.15, 0.2) is 0 Å². The van der Waals surface area contributed by atoms with Crippen molar-refractivity contribution < 1.29 is 8.42 Å². The maximum absolute atomic E-state index is 12.2. The summed E-state index contributed by atoms with van der Waals surface area (Å²) in [5, 5.41) is 3.25. The molecule has 0 saturated carbocycles. The van der Waals surface area contributed by atoms with Gasteiger partial charge in [0.05, 0.1) is 5.69 Å². The van der Waals surface area contributed by atoms with Gasteiger partial charge in [0.2, 0.25) is 0 Å². The molecule has 5 nitrogen and oxygen atoms in total. The van der Waals surface area contributed by atoms with Crippen LogP contribution in [0, 0.1) is 0 Å². The molecule has 2 N–H and O–H groups in total. The molecule has 0 atom stereocenters. The Hall–Kier alpha value is -0.150. The Labute approximate surface area is 143 Å². The summed E-state index contributed by atoms with van der Waals surface area (Å²) in [6, 6.07) is 5.35. The van der Waals surface area contributed by atoms with E-state index in [0.717, 1.165) is 30.4 Å². The number of hydrogen-bond donors (Lipinski definition) is 2. The third-order valence-electron chi connectivity index (χ3n) is 2.83. The summed E-state index contributed by atoms with van der Waals surface area (Å²) in [6.07, 6.45) is 1.85. The van der Waals surface area contributed by atoms with Gasteiger partial charge >= 0.3 is 10.2 Å². The molecular weight excluding hydrogens is 422 g/mol. The molecule has 8 heteroatoms. The zero-order valence-corrected chi connectivity index (χ0v) is 16.2. The van der Waals surface area contributed by atoms with Crippen LogP contribution in [0.15, 0.2) is 27.1 Å². The van der Waals surface area contributed by atoms with Crippen molar-refractivity contribution in [3.63, 3.8) is 0 Å². The monoisotopic (exact) mass is 441 g/mol. The normalized spacial score (nSPS) is 11.9. The number of anilines is 1. The summed E-state index contributed by atoms with van der Waals surface area (Å²) in [7, 11) is -1.96. The lowest BCUT2D eigenvalue weighted by atomic mass is 10.3. The van der Waals surface area contributed by atoms with Crippen molar-refractivity contribution in [1.29, 1.82) is 0 Å². The minimum Gasteiger partial charge on any atom is -0.317 e. The van der Waals surface area contributed by atoms with Crippen LogP contribution in [-0.4, -0.2) is 39.4 Å². The van der Waals surface area contributed by atoms with E-state index in [9.17, 15) is 8.42 Å². The van der Waals surface area contributed by atoms with Crippen molar-refractivity contribution in [2.24, 2.45) is 0 Å². The Morgan fingerprint density at radius 1 is 1.24 bits per heavy atom. The van der Waals surface area contributed by atoms with Gasteiger partial charge in [-0.15, -0.1) is 0 Å². The van der Waals surface area contributed by atoms with Crippen molar-refractivity contribution in [2.75, 3.05) is 31.4 Å². The van der Waals surface area contributed by atoms with E-state index in [2.05, 4.69) is 48.8 Å². The zero-order valence-electron chi connectivity index (χ0n) is 12.2. The summed E-state index contributed by atoms with van der Waals surface area (Å²) < 4.78 is 29.9. The van der Waals surface area contributed by atoms with Crippen LogP contribution in [-0.2, 0) is 10.2 Å². The quantitative estimate of drug-likeness (QED) is 0.577. The Bertz CT molecular complexity index is 552. The lowest BCUT2D eigenvalue weighted by molar-refractivity contribution is 0.458. The van der Waals surface area contributed by atoms with Gasteiger partial charge in [-0.1, -0.05) is 22.9 Å². The second kappa shape index (κ2) is 9.09. The molecule has 1 aromatic carbocycles. The first-order valence-corrected chi connectivity index (χ1v) is 9.79. The molecular formula is C13H21Br2N3O2S. The molecule has 0 aliphatic rings. The minimum atomic E-state index is -3.54. The van der Waals surface area contributed by atoms with Crippen molar-refractivity contribution in [2.45, 2.75) is 19.8 Å². The van der Waals surface area contributed by atoms with Crippen LogP contribution in [0.5, 0.6) is 0 Å². The van der Waals surface area contributed by atoms with Gasteiger partial charge in [-0.3, -0.25) is 4.72 Å². The first-order valence-electron chi connectivity index (χ1n) is 6.76. The third-order valence-corrected chi connectivity index (χ3v) is 5.50. The highest BCUT2D eigenvalue weighted by molar-refractivity contribution is 9.11. The van der Waals surface area contributed by atoms with Gasteiger partial charge in [-0.25, -0.2) is 0 Å². The predicted molar refractivity (Wildman–Crippen MR) is 94.8 cm³/mol. The Balaban J connectivity index is 2.57. The maximum Gasteiger partial charge on any atom is 0.301 e. The molecule has 0 spiro atoms. The molecule has 0 heterocycles. The Morgan fingerprint density at radius 3 is 2.62 bits per heavy atom. The van der Waals surface area contributed by atoms with Crippen LogP contribution in [0.1, 0.15) is 19.8 Å². The van der Waals surface area contributed by atoms with Crippen LogP contribution < -0.4 is 10.0 Å². The van der Waals surface area contributed by atoms with E-state index in [0.29, 0.717) is 16.7 Å². The largest absolute Gasteiger partial charge is 0.317 e. The predicted octanol–water partition coefficient (Wildman–Crippen LogP) is 3.19. The SMILES string of the molecule is CCCNCCCN(C)S(=O)(=O)Nc1cc(Br)ccc1Br. The van der Waals surface area contributed by atoms with E-state index >= 15 is 0 Å². The first kappa shape index (κ1) is 18.9. The van der Waals surface area contributed by atoms with E-state index in [1.165, 1.54) is 4.31 Å². The van der Waals surface area contributed by atoms with E-state index in [-0.39, 0.29) is 0 Å². The summed E-state index contributed by atoms with van der Waals surface area (Å²) in [6.45, 7) is 4.34. The second-order valence-corrected chi connectivity index (χ2v) is 8.20. The molecule has 0 aromatic heterocycles. The molecule has 0 amide bonds. The van der Waals surface area contributed by atoms with Crippen molar-refractivity contribution in [1.82, 2.24) is 9.62 Å². The number of nitrogens with zero attached hydrogens (tertiary/aromatic N) is 1. The summed E-state index contributed by atoms with van der Waals surface area (Å²) >= 11 is 6.67. The smallest absolute Gasteiger partial charge is 0.301 e. The van der Waals surface area contributed by atoms with Gasteiger partial charge in [0, 0.05) is 22.5 Å². The van der Waals surface area contributed by atoms with Gasteiger partial charge in [0.1, 0.15) is 0 Å². The van der Waals surface area contributed by atoms with E-state index in [1.54, 1.807) is 19.2 Å². The number of halogens is 2. The molecule has 0 fully saturated rings. The van der Waals surface area contributed by atoms with Crippen molar-refractivity contribution in [3.8, 4) is 0 Å². The first-order chi connectivity index (χ1) is 9.86. The molecule has 0 saturated heterocycles. The van der Waals surface area contributed by atoms with Crippen LogP contribution in [0.2, 0.25) is 0 Å². The molecule has 21 heavy (non-hydrogen) atoms. The molecule has 1 rings (SSSR count). The second-order valence-electron chi connectivity index (χ2n) is 4.66. The minimum absolute atomic E-state index is 0.470. The van der Waals surface area contributed by atoms with Gasteiger partial charge in [-0.05, 0) is 60.1 Å². The van der Waals surface area contributed by atoms with Gasteiger partial charge in [0.25, 0.3) is 0 Å². The fourth-order valence-corrected chi connectivity index (χ4v) is 3.45. The number of benzene rings is 1. The summed E-state index contributed by atoms with van der Waals surface area (Å²) in [5.41, 5.74) is 0.514. The number of nitrogens with one attached hydrogen (secondary N) is 2. The van der Waals surface area contributed by atoms with Gasteiger partial charge in [-0.2, -0.15) is 12.7 Å².